The fourth-order valence-corrected chi connectivity index (χ4v) is 3.85. The van der Waals surface area contributed by atoms with Gasteiger partial charge in [0.2, 0.25) is 5.16 Å². The summed E-state index contributed by atoms with van der Waals surface area (Å²) in [5.41, 5.74) is 0. The Morgan fingerprint density at radius 3 is 2.76 bits per heavy atom. The number of aromatic nitrogens is 4. The number of rotatable bonds is 3. The third-order valence-electron chi connectivity index (χ3n) is 3.61. The fraction of sp³-hybridized carbons (Fsp3) is 0.818. The lowest BCUT2D eigenvalue weighted by Gasteiger charge is -2.12. The monoisotopic (exact) mass is 252 g/mol. The molecule has 0 saturated heterocycles. The van der Waals surface area contributed by atoms with Gasteiger partial charge in [-0.1, -0.05) is 24.6 Å². The highest BCUT2D eigenvalue weighted by molar-refractivity contribution is 7.99. The molecule has 1 aromatic rings. The maximum atomic E-state index is 11.3. The molecule has 0 bridgehead atoms. The molecule has 2 saturated carbocycles. The predicted octanol–water partition coefficient (Wildman–Crippen LogP) is 2.00. The number of Topliss-reactive ketones (excluding diaryl/α,β-unsaturated/α-hetero) is 1. The number of ketones is 1. The van der Waals surface area contributed by atoms with Gasteiger partial charge in [0.1, 0.15) is 5.78 Å². The van der Waals surface area contributed by atoms with Gasteiger partial charge in [-0.05, 0) is 29.7 Å². The van der Waals surface area contributed by atoms with Crippen LogP contribution in [0, 0.1) is 0 Å². The van der Waals surface area contributed by atoms with Crippen molar-refractivity contribution in [3.05, 3.63) is 0 Å². The number of hydrogen-bond donors (Lipinski definition) is 0. The summed E-state index contributed by atoms with van der Waals surface area (Å²) in [4.78, 5) is 11.3. The first-order valence-corrected chi connectivity index (χ1v) is 7.17. The molecule has 1 unspecified atom stereocenters. The standard InChI is InChI=1S/C11H16N4OS/c16-9-5-6-10(7-9)17-11-12-13-14-15(11)8-3-1-2-4-8/h8,10H,1-7H2. The average molecular weight is 252 g/mol. The van der Waals surface area contributed by atoms with Gasteiger partial charge in [-0.3, -0.25) is 4.79 Å². The van der Waals surface area contributed by atoms with E-state index in [-0.39, 0.29) is 0 Å². The molecule has 2 aliphatic rings. The van der Waals surface area contributed by atoms with E-state index in [9.17, 15) is 4.79 Å². The topological polar surface area (TPSA) is 60.7 Å². The quantitative estimate of drug-likeness (QED) is 0.823. The molecule has 5 nitrogen and oxygen atoms in total. The van der Waals surface area contributed by atoms with E-state index in [4.69, 9.17) is 0 Å². The fourth-order valence-electron chi connectivity index (χ4n) is 2.67. The molecule has 0 aliphatic heterocycles. The normalized spacial score (nSPS) is 25.9. The van der Waals surface area contributed by atoms with E-state index in [2.05, 4.69) is 15.5 Å². The lowest BCUT2D eigenvalue weighted by molar-refractivity contribution is -0.117. The third-order valence-corrected chi connectivity index (χ3v) is 4.82. The van der Waals surface area contributed by atoms with Gasteiger partial charge < -0.3 is 0 Å². The van der Waals surface area contributed by atoms with Crippen LogP contribution < -0.4 is 0 Å². The summed E-state index contributed by atoms with van der Waals surface area (Å²) < 4.78 is 1.97. The number of nitrogens with zero attached hydrogens (tertiary/aromatic N) is 4. The molecule has 0 N–H and O–H groups in total. The minimum absolute atomic E-state index is 0.377. The SMILES string of the molecule is O=C1CCC(Sc2nnnn2C2CCCC2)C1. The molecule has 0 aromatic carbocycles. The van der Waals surface area contributed by atoms with Crippen LogP contribution in [0.4, 0.5) is 0 Å². The first kappa shape index (κ1) is 11.2. The highest BCUT2D eigenvalue weighted by Crippen LogP contribution is 2.35. The Morgan fingerprint density at radius 2 is 2.06 bits per heavy atom. The number of thioether (sulfide) groups is 1. The second-order valence-electron chi connectivity index (χ2n) is 4.87. The van der Waals surface area contributed by atoms with Crippen molar-refractivity contribution in [2.75, 3.05) is 0 Å². The van der Waals surface area contributed by atoms with Crippen molar-refractivity contribution in [2.24, 2.45) is 0 Å². The van der Waals surface area contributed by atoms with Crippen LogP contribution in [0.2, 0.25) is 0 Å². The number of hydrogen-bond acceptors (Lipinski definition) is 5. The highest BCUT2D eigenvalue weighted by Gasteiger charge is 2.27. The first-order chi connectivity index (χ1) is 8.33. The Hall–Kier alpha value is -0.910. The van der Waals surface area contributed by atoms with Crippen molar-refractivity contribution in [2.45, 2.75) is 61.4 Å². The lowest BCUT2D eigenvalue weighted by Crippen LogP contribution is -2.10. The Morgan fingerprint density at radius 1 is 1.24 bits per heavy atom. The van der Waals surface area contributed by atoms with E-state index in [1.807, 2.05) is 4.68 Å². The lowest BCUT2D eigenvalue weighted by atomic mass is 10.3. The zero-order valence-electron chi connectivity index (χ0n) is 9.71. The van der Waals surface area contributed by atoms with Crippen LogP contribution in [0.3, 0.4) is 0 Å². The van der Waals surface area contributed by atoms with Gasteiger partial charge >= 0.3 is 0 Å². The van der Waals surface area contributed by atoms with E-state index in [1.165, 1.54) is 25.7 Å². The zero-order chi connectivity index (χ0) is 11.7. The zero-order valence-corrected chi connectivity index (χ0v) is 10.5. The Balaban J connectivity index is 1.70. The summed E-state index contributed by atoms with van der Waals surface area (Å²) in [6.07, 6.45) is 7.30. The molecule has 17 heavy (non-hydrogen) atoms. The molecule has 3 rings (SSSR count). The first-order valence-electron chi connectivity index (χ1n) is 6.29. The smallest absolute Gasteiger partial charge is 0.209 e. The summed E-state index contributed by atoms with van der Waals surface area (Å²) in [6, 6.07) is 0.476. The molecular weight excluding hydrogens is 236 g/mol. The van der Waals surface area contributed by atoms with Gasteiger partial charge in [0.25, 0.3) is 0 Å². The molecule has 6 heteroatoms. The Bertz CT molecular complexity index is 413. The molecule has 1 atom stereocenters. The van der Waals surface area contributed by atoms with E-state index >= 15 is 0 Å². The van der Waals surface area contributed by atoms with Crippen LogP contribution in [-0.2, 0) is 4.79 Å². The maximum absolute atomic E-state index is 11.3. The maximum Gasteiger partial charge on any atom is 0.209 e. The van der Waals surface area contributed by atoms with Gasteiger partial charge in [0.15, 0.2) is 0 Å². The van der Waals surface area contributed by atoms with Gasteiger partial charge in [0, 0.05) is 18.1 Å². The Labute approximate surface area is 104 Å². The molecule has 1 aromatic heterocycles. The van der Waals surface area contributed by atoms with E-state index in [0.717, 1.165) is 18.0 Å². The number of carbonyl (C=O) groups excluding carboxylic acids is 1. The van der Waals surface area contributed by atoms with Crippen molar-refractivity contribution in [1.29, 1.82) is 0 Å². The minimum atomic E-state index is 0.377. The van der Waals surface area contributed by atoms with Crippen molar-refractivity contribution >= 4 is 17.5 Å². The van der Waals surface area contributed by atoms with Crippen LogP contribution in [0.1, 0.15) is 51.0 Å². The van der Waals surface area contributed by atoms with Crippen molar-refractivity contribution in [3.63, 3.8) is 0 Å². The summed E-state index contributed by atoms with van der Waals surface area (Å²) in [7, 11) is 0. The summed E-state index contributed by atoms with van der Waals surface area (Å²) in [6.45, 7) is 0. The second kappa shape index (κ2) is 4.76. The van der Waals surface area contributed by atoms with Crippen molar-refractivity contribution in [3.8, 4) is 0 Å². The molecule has 0 radical (unpaired) electrons. The summed E-state index contributed by atoms with van der Waals surface area (Å²) in [5, 5.41) is 13.3. The van der Waals surface area contributed by atoms with Gasteiger partial charge in [-0.25, -0.2) is 4.68 Å². The van der Waals surface area contributed by atoms with Crippen LogP contribution in [0.15, 0.2) is 5.16 Å². The summed E-state index contributed by atoms with van der Waals surface area (Å²) in [5.74, 6) is 0.377. The average Bonchev–Trinajstić information content (AvgIpc) is 3.00. The molecule has 92 valence electrons. The van der Waals surface area contributed by atoms with E-state index in [1.54, 1.807) is 11.8 Å². The van der Waals surface area contributed by atoms with Crippen LogP contribution in [-0.4, -0.2) is 31.2 Å². The molecular formula is C11H16N4OS. The molecule has 2 fully saturated rings. The second-order valence-corrected chi connectivity index (χ2v) is 6.13. The molecule has 0 spiro atoms. The largest absolute Gasteiger partial charge is 0.300 e. The number of tetrazole rings is 1. The van der Waals surface area contributed by atoms with Gasteiger partial charge in [-0.2, -0.15) is 0 Å². The van der Waals surface area contributed by atoms with Gasteiger partial charge in [0.05, 0.1) is 6.04 Å². The van der Waals surface area contributed by atoms with Crippen LogP contribution in [0.25, 0.3) is 0 Å². The van der Waals surface area contributed by atoms with Crippen LogP contribution in [0.5, 0.6) is 0 Å². The summed E-state index contributed by atoms with van der Waals surface area (Å²) >= 11 is 1.68. The Kier molecular flexibility index (Phi) is 3.13. The molecule has 2 aliphatic carbocycles. The van der Waals surface area contributed by atoms with Crippen LogP contribution >= 0.6 is 11.8 Å². The third kappa shape index (κ3) is 2.36. The van der Waals surface area contributed by atoms with Crippen molar-refractivity contribution in [1.82, 2.24) is 20.2 Å². The number of carbonyl (C=O) groups is 1. The van der Waals surface area contributed by atoms with Crippen molar-refractivity contribution < 1.29 is 4.79 Å². The molecule has 1 heterocycles. The minimum Gasteiger partial charge on any atom is -0.300 e. The highest BCUT2D eigenvalue weighted by atomic mass is 32.2. The van der Waals surface area contributed by atoms with E-state index < -0.39 is 0 Å². The van der Waals surface area contributed by atoms with E-state index in [0.29, 0.717) is 23.5 Å². The molecule has 0 amide bonds. The predicted molar refractivity (Wildman–Crippen MR) is 63.8 cm³/mol. The van der Waals surface area contributed by atoms with Gasteiger partial charge in [-0.15, -0.1) is 5.10 Å².